The first-order chi connectivity index (χ1) is 8.54. The number of aliphatic hydroxyl groups excluding tert-OH is 1. The van der Waals surface area contributed by atoms with Gasteiger partial charge in [0.1, 0.15) is 0 Å². The maximum Gasteiger partial charge on any atom is 0.225 e. The Bertz CT molecular complexity index is 251. The fourth-order valence-electron chi connectivity index (χ4n) is 2.87. The highest BCUT2D eigenvalue weighted by Gasteiger charge is 2.24. The first-order valence-electron chi connectivity index (χ1n) is 6.96. The molecule has 0 saturated heterocycles. The number of carbonyl (C=O) groups is 1. The van der Waals surface area contributed by atoms with E-state index in [0.29, 0.717) is 6.54 Å². The smallest absolute Gasteiger partial charge is 0.225 e. The lowest BCUT2D eigenvalue weighted by atomic mass is 9.93. The molecule has 0 aromatic heterocycles. The van der Waals surface area contributed by atoms with Crippen LogP contribution in [-0.2, 0) is 9.53 Å². The second-order valence-corrected chi connectivity index (χ2v) is 5.62. The van der Waals surface area contributed by atoms with Crippen molar-refractivity contribution >= 4 is 5.91 Å². The zero-order valence-electron chi connectivity index (χ0n) is 11.9. The average molecular weight is 257 g/mol. The molecule has 2 unspecified atom stereocenters. The quantitative estimate of drug-likeness (QED) is 0.755. The Labute approximate surface area is 110 Å². The molecular formula is C14H27NO3. The summed E-state index contributed by atoms with van der Waals surface area (Å²) in [6, 6.07) is 0. The molecule has 4 heteroatoms. The molecule has 1 aliphatic rings. The number of likely N-dealkylation sites (N-methyl/N-ethyl adjacent to an activating group) is 1. The van der Waals surface area contributed by atoms with E-state index in [1.165, 1.54) is 25.7 Å². The van der Waals surface area contributed by atoms with Crippen LogP contribution in [0, 0.1) is 11.8 Å². The predicted molar refractivity (Wildman–Crippen MR) is 71.3 cm³/mol. The second kappa shape index (κ2) is 7.74. The molecule has 0 spiro atoms. The summed E-state index contributed by atoms with van der Waals surface area (Å²) in [6.07, 6.45) is 5.56. The number of methoxy groups -OCH3 is 1. The van der Waals surface area contributed by atoms with Crippen LogP contribution in [0.3, 0.4) is 0 Å². The lowest BCUT2D eigenvalue weighted by Gasteiger charge is -2.25. The van der Waals surface area contributed by atoms with E-state index in [1.54, 1.807) is 19.1 Å². The van der Waals surface area contributed by atoms with Crippen molar-refractivity contribution in [3.63, 3.8) is 0 Å². The van der Waals surface area contributed by atoms with Crippen LogP contribution in [-0.4, -0.2) is 49.3 Å². The van der Waals surface area contributed by atoms with E-state index in [1.807, 2.05) is 6.92 Å². The Hall–Kier alpha value is -0.610. The maximum absolute atomic E-state index is 12.1. The summed E-state index contributed by atoms with van der Waals surface area (Å²) in [5.74, 6) is 0.922. The molecule has 1 rings (SSSR count). The van der Waals surface area contributed by atoms with Gasteiger partial charge in [-0.05, 0) is 12.3 Å². The van der Waals surface area contributed by atoms with Gasteiger partial charge in [0.15, 0.2) is 0 Å². The molecule has 2 atom stereocenters. The molecule has 106 valence electrons. The van der Waals surface area contributed by atoms with Gasteiger partial charge in [0.25, 0.3) is 0 Å². The third-order valence-corrected chi connectivity index (χ3v) is 3.80. The van der Waals surface area contributed by atoms with Gasteiger partial charge in [0.2, 0.25) is 5.91 Å². The fourth-order valence-corrected chi connectivity index (χ4v) is 2.87. The highest BCUT2D eigenvalue weighted by Crippen LogP contribution is 2.30. The Morgan fingerprint density at radius 2 is 2.06 bits per heavy atom. The van der Waals surface area contributed by atoms with Crippen molar-refractivity contribution in [2.75, 3.05) is 27.3 Å². The van der Waals surface area contributed by atoms with Crippen LogP contribution in [0.2, 0.25) is 0 Å². The standard InChI is InChI=1S/C14H27NO3/c1-11(8-12-6-4-5-7-12)14(17)15(2)9-13(16)10-18-3/h11-13,16H,4-10H2,1-3H3. The van der Waals surface area contributed by atoms with E-state index in [0.717, 1.165) is 12.3 Å². The van der Waals surface area contributed by atoms with E-state index >= 15 is 0 Å². The van der Waals surface area contributed by atoms with E-state index in [9.17, 15) is 9.90 Å². The minimum atomic E-state index is -0.595. The van der Waals surface area contributed by atoms with Crippen LogP contribution < -0.4 is 0 Å². The van der Waals surface area contributed by atoms with E-state index in [2.05, 4.69) is 0 Å². The minimum Gasteiger partial charge on any atom is -0.389 e. The number of amides is 1. The molecule has 1 saturated carbocycles. The summed E-state index contributed by atoms with van der Waals surface area (Å²) in [5.41, 5.74) is 0. The van der Waals surface area contributed by atoms with Crippen molar-refractivity contribution < 1.29 is 14.6 Å². The topological polar surface area (TPSA) is 49.8 Å². The molecule has 1 amide bonds. The van der Waals surface area contributed by atoms with Crippen LogP contribution in [0.5, 0.6) is 0 Å². The molecule has 0 aromatic rings. The number of hydrogen-bond donors (Lipinski definition) is 1. The largest absolute Gasteiger partial charge is 0.389 e. The molecule has 0 aliphatic heterocycles. The maximum atomic E-state index is 12.1. The highest BCUT2D eigenvalue weighted by molar-refractivity contribution is 5.78. The summed E-state index contributed by atoms with van der Waals surface area (Å²) in [5, 5.41) is 9.62. The zero-order chi connectivity index (χ0) is 13.5. The van der Waals surface area contributed by atoms with Crippen LogP contribution in [0.15, 0.2) is 0 Å². The monoisotopic (exact) mass is 257 g/mol. The van der Waals surface area contributed by atoms with Gasteiger partial charge >= 0.3 is 0 Å². The average Bonchev–Trinajstić information content (AvgIpc) is 2.80. The number of rotatable bonds is 7. The van der Waals surface area contributed by atoms with Gasteiger partial charge in [0.05, 0.1) is 12.7 Å². The van der Waals surface area contributed by atoms with Crippen molar-refractivity contribution in [2.45, 2.75) is 45.1 Å². The van der Waals surface area contributed by atoms with Crippen LogP contribution >= 0.6 is 0 Å². The van der Waals surface area contributed by atoms with Crippen LogP contribution in [0.25, 0.3) is 0 Å². The fraction of sp³-hybridized carbons (Fsp3) is 0.929. The van der Waals surface area contributed by atoms with Gasteiger partial charge in [-0.1, -0.05) is 32.6 Å². The SMILES string of the molecule is COCC(O)CN(C)C(=O)C(C)CC1CCCC1. The summed E-state index contributed by atoms with van der Waals surface area (Å²) < 4.78 is 4.86. The van der Waals surface area contributed by atoms with Gasteiger partial charge in [-0.25, -0.2) is 0 Å². The molecule has 1 aliphatic carbocycles. The lowest BCUT2D eigenvalue weighted by Crippen LogP contribution is -2.39. The molecule has 18 heavy (non-hydrogen) atoms. The van der Waals surface area contributed by atoms with Crippen LogP contribution in [0.1, 0.15) is 39.0 Å². The minimum absolute atomic E-state index is 0.0628. The Balaban J connectivity index is 2.32. The Kier molecular flexibility index (Phi) is 6.65. The first kappa shape index (κ1) is 15.4. The van der Waals surface area contributed by atoms with E-state index in [4.69, 9.17) is 4.74 Å². The number of hydrogen-bond acceptors (Lipinski definition) is 3. The van der Waals surface area contributed by atoms with E-state index < -0.39 is 6.10 Å². The van der Waals surface area contributed by atoms with Crippen molar-refractivity contribution in [3.8, 4) is 0 Å². The predicted octanol–water partition coefficient (Wildman–Crippen LogP) is 1.67. The number of aliphatic hydroxyl groups is 1. The van der Waals surface area contributed by atoms with Crippen molar-refractivity contribution in [1.82, 2.24) is 4.90 Å². The normalized spacial score (nSPS) is 19.8. The van der Waals surface area contributed by atoms with Crippen molar-refractivity contribution in [2.24, 2.45) is 11.8 Å². The van der Waals surface area contributed by atoms with Crippen molar-refractivity contribution in [3.05, 3.63) is 0 Å². The highest BCUT2D eigenvalue weighted by atomic mass is 16.5. The van der Waals surface area contributed by atoms with E-state index in [-0.39, 0.29) is 18.4 Å². The van der Waals surface area contributed by atoms with Crippen LogP contribution in [0.4, 0.5) is 0 Å². The Morgan fingerprint density at radius 1 is 1.44 bits per heavy atom. The number of nitrogens with zero attached hydrogens (tertiary/aromatic N) is 1. The molecule has 4 nitrogen and oxygen atoms in total. The third-order valence-electron chi connectivity index (χ3n) is 3.80. The summed E-state index contributed by atoms with van der Waals surface area (Å²) >= 11 is 0. The summed E-state index contributed by atoms with van der Waals surface area (Å²) in [6.45, 7) is 2.62. The van der Waals surface area contributed by atoms with Gasteiger partial charge in [-0.15, -0.1) is 0 Å². The second-order valence-electron chi connectivity index (χ2n) is 5.62. The molecule has 0 radical (unpaired) electrons. The third kappa shape index (κ3) is 4.94. The van der Waals surface area contributed by atoms with Gasteiger partial charge < -0.3 is 14.7 Å². The van der Waals surface area contributed by atoms with Gasteiger partial charge in [0, 0.05) is 26.6 Å². The molecule has 1 fully saturated rings. The molecule has 0 heterocycles. The van der Waals surface area contributed by atoms with Gasteiger partial charge in [-0.3, -0.25) is 4.79 Å². The molecule has 0 aromatic carbocycles. The summed E-state index contributed by atoms with van der Waals surface area (Å²) in [7, 11) is 3.31. The Morgan fingerprint density at radius 3 is 2.61 bits per heavy atom. The summed E-state index contributed by atoms with van der Waals surface area (Å²) in [4.78, 5) is 13.8. The van der Waals surface area contributed by atoms with Crippen molar-refractivity contribution in [1.29, 1.82) is 0 Å². The zero-order valence-corrected chi connectivity index (χ0v) is 11.9. The lowest BCUT2D eigenvalue weighted by molar-refractivity contribution is -0.135. The molecular weight excluding hydrogens is 230 g/mol. The molecule has 0 bridgehead atoms. The number of carbonyl (C=O) groups excluding carboxylic acids is 1. The van der Waals surface area contributed by atoms with Gasteiger partial charge in [-0.2, -0.15) is 0 Å². The number of ether oxygens (including phenoxy) is 1. The first-order valence-corrected chi connectivity index (χ1v) is 6.96. The molecule has 1 N–H and O–H groups in total.